The molecule has 4 heterocycles. The number of aromatic amines is 1. The molecule has 0 aliphatic carbocycles. The second kappa shape index (κ2) is 10.1. The van der Waals surface area contributed by atoms with Gasteiger partial charge in [-0.25, -0.2) is 9.97 Å². The zero-order valence-corrected chi connectivity index (χ0v) is 19.1. The molecule has 9 nitrogen and oxygen atoms in total. The summed E-state index contributed by atoms with van der Waals surface area (Å²) in [7, 11) is 0. The number of nitrogens with one attached hydrogen (secondary N) is 3. The Labute approximate surface area is 206 Å². The largest absolute Gasteiger partial charge is 0.362 e. The molecule has 3 N–H and O–H groups in total. The number of carbonyl (C=O) groups excluding carboxylic acids is 2. The second-order valence-electron chi connectivity index (χ2n) is 8.07. The number of benzene rings is 1. The minimum Gasteiger partial charge on any atom is -0.362 e. The highest BCUT2D eigenvalue weighted by molar-refractivity contribution is 6.34. The lowest BCUT2D eigenvalue weighted by molar-refractivity contribution is -0.110. The van der Waals surface area contributed by atoms with Gasteiger partial charge < -0.3 is 20.2 Å². The van der Waals surface area contributed by atoms with Crippen molar-refractivity contribution in [1.29, 1.82) is 0 Å². The van der Waals surface area contributed by atoms with Gasteiger partial charge >= 0.3 is 0 Å². The Kier molecular flexibility index (Phi) is 6.35. The van der Waals surface area contributed by atoms with E-state index in [1.165, 1.54) is 10.6 Å². The first kappa shape index (κ1) is 22.7. The number of rotatable bonds is 7. The van der Waals surface area contributed by atoms with Crippen LogP contribution in [0.2, 0.25) is 0 Å². The molecule has 9 heteroatoms. The maximum atomic E-state index is 12.7. The zero-order valence-electron chi connectivity index (χ0n) is 19.1. The van der Waals surface area contributed by atoms with Crippen molar-refractivity contribution in [1.82, 2.24) is 24.8 Å². The molecule has 0 radical (unpaired) electrons. The quantitative estimate of drug-likeness (QED) is 0.353. The van der Waals surface area contributed by atoms with E-state index in [1.807, 2.05) is 42.5 Å². The monoisotopic (exact) mass is 478 g/mol. The summed E-state index contributed by atoms with van der Waals surface area (Å²) in [5, 5.41) is 5.63. The summed E-state index contributed by atoms with van der Waals surface area (Å²) in [5.41, 5.74) is 3.52. The standard InChI is InChI=1S/C27H22N6O3/c34-25(21-7-3-14-33(27(21)36)17-24-29-12-4-13-30-24)31-11-1-5-18-8-9-20-22(16-19-6-2-10-28-19)26(35)32-23(20)15-18/h1-10,12-16,28H,11,17H2,(H,31,34)(H,32,35). The van der Waals surface area contributed by atoms with Crippen molar-refractivity contribution in [2.45, 2.75) is 6.54 Å². The summed E-state index contributed by atoms with van der Waals surface area (Å²) in [4.78, 5) is 49.0. The average molecular weight is 479 g/mol. The second-order valence-corrected chi connectivity index (χ2v) is 8.07. The van der Waals surface area contributed by atoms with Gasteiger partial charge in [0, 0.05) is 48.3 Å². The Balaban J connectivity index is 1.22. The van der Waals surface area contributed by atoms with Crippen LogP contribution < -0.4 is 16.2 Å². The molecular formula is C27H22N6O3. The van der Waals surface area contributed by atoms with Crippen LogP contribution in [0.3, 0.4) is 0 Å². The van der Waals surface area contributed by atoms with E-state index in [-0.39, 0.29) is 24.6 Å². The molecule has 0 atom stereocenters. The fourth-order valence-electron chi connectivity index (χ4n) is 3.89. The van der Waals surface area contributed by atoms with Crippen molar-refractivity contribution in [3.05, 3.63) is 118 Å². The number of hydrogen-bond acceptors (Lipinski definition) is 5. The van der Waals surface area contributed by atoms with E-state index in [2.05, 4.69) is 25.6 Å². The third kappa shape index (κ3) is 4.90. The molecule has 5 rings (SSSR count). The van der Waals surface area contributed by atoms with Gasteiger partial charge in [-0.05, 0) is 48.0 Å². The molecule has 36 heavy (non-hydrogen) atoms. The smallest absolute Gasteiger partial charge is 0.263 e. The molecule has 0 saturated heterocycles. The highest BCUT2D eigenvalue weighted by Crippen LogP contribution is 2.33. The van der Waals surface area contributed by atoms with Crippen molar-refractivity contribution in [3.8, 4) is 0 Å². The lowest BCUT2D eigenvalue weighted by Crippen LogP contribution is -2.33. The molecule has 178 valence electrons. The Hall–Kier alpha value is -5.05. The molecule has 1 aliphatic heterocycles. The molecular weight excluding hydrogens is 456 g/mol. The minimum atomic E-state index is -0.465. The Morgan fingerprint density at radius 2 is 1.92 bits per heavy atom. The summed E-state index contributed by atoms with van der Waals surface area (Å²) in [6.07, 6.45) is 12.0. The normalized spacial score (nSPS) is 13.7. The number of hydrogen-bond donors (Lipinski definition) is 3. The number of carbonyl (C=O) groups is 2. The molecule has 0 bridgehead atoms. The van der Waals surface area contributed by atoms with Gasteiger partial charge in [-0.15, -0.1) is 0 Å². The molecule has 0 fully saturated rings. The number of H-pyrrole nitrogens is 1. The fourth-order valence-corrected chi connectivity index (χ4v) is 3.89. The number of pyridine rings is 1. The predicted molar refractivity (Wildman–Crippen MR) is 137 cm³/mol. The van der Waals surface area contributed by atoms with Crippen LogP contribution in [0.1, 0.15) is 33.0 Å². The predicted octanol–water partition coefficient (Wildman–Crippen LogP) is 2.95. The van der Waals surface area contributed by atoms with Crippen LogP contribution in [0.15, 0.2) is 84.2 Å². The first-order chi connectivity index (χ1) is 17.6. The molecule has 0 unspecified atom stereocenters. The van der Waals surface area contributed by atoms with Gasteiger partial charge in [0.15, 0.2) is 0 Å². The van der Waals surface area contributed by atoms with E-state index >= 15 is 0 Å². The Bertz CT molecular complexity index is 1540. The molecule has 4 aromatic rings. The van der Waals surface area contributed by atoms with Crippen LogP contribution >= 0.6 is 0 Å². The van der Waals surface area contributed by atoms with Crippen LogP contribution in [-0.4, -0.2) is 37.9 Å². The average Bonchev–Trinajstić information content (AvgIpc) is 3.51. The topological polar surface area (TPSA) is 122 Å². The van der Waals surface area contributed by atoms with E-state index in [9.17, 15) is 14.4 Å². The third-order valence-electron chi connectivity index (χ3n) is 5.64. The first-order valence-corrected chi connectivity index (χ1v) is 11.3. The SMILES string of the molecule is O=C1Nc2cc(C=CCNC(=O)c3cccn(Cc4ncccn4)c3=O)ccc2C1=Cc1ccc[nH]1. The van der Waals surface area contributed by atoms with E-state index in [0.717, 1.165) is 22.5 Å². The summed E-state index contributed by atoms with van der Waals surface area (Å²) in [5.74, 6) is -0.133. The van der Waals surface area contributed by atoms with Crippen LogP contribution in [0.25, 0.3) is 17.7 Å². The summed E-state index contributed by atoms with van der Waals surface area (Å²) in [6.45, 7) is 0.411. The molecule has 0 saturated carbocycles. The van der Waals surface area contributed by atoms with Crippen LogP contribution in [0, 0.1) is 0 Å². The number of amides is 2. The number of aromatic nitrogens is 4. The molecule has 1 aliphatic rings. The number of anilines is 1. The highest BCUT2D eigenvalue weighted by atomic mass is 16.2. The van der Waals surface area contributed by atoms with Gasteiger partial charge in [0.05, 0.1) is 12.1 Å². The zero-order chi connectivity index (χ0) is 24.9. The van der Waals surface area contributed by atoms with Gasteiger partial charge in [0.2, 0.25) is 0 Å². The van der Waals surface area contributed by atoms with E-state index in [4.69, 9.17) is 0 Å². The third-order valence-corrected chi connectivity index (χ3v) is 5.64. The number of nitrogens with zero attached hydrogens (tertiary/aromatic N) is 3. The summed E-state index contributed by atoms with van der Waals surface area (Å²) < 4.78 is 1.40. The van der Waals surface area contributed by atoms with Gasteiger partial charge in [-0.1, -0.05) is 24.3 Å². The molecule has 2 amide bonds. The van der Waals surface area contributed by atoms with Crippen molar-refractivity contribution < 1.29 is 9.59 Å². The lowest BCUT2D eigenvalue weighted by atomic mass is 10.0. The van der Waals surface area contributed by atoms with Gasteiger partial charge in [-0.2, -0.15) is 0 Å². The van der Waals surface area contributed by atoms with Crippen LogP contribution in [0.5, 0.6) is 0 Å². The fraction of sp³-hybridized carbons (Fsp3) is 0.0741. The van der Waals surface area contributed by atoms with Crippen LogP contribution in [0.4, 0.5) is 5.69 Å². The summed E-state index contributed by atoms with van der Waals surface area (Å²) >= 11 is 0. The van der Waals surface area contributed by atoms with E-state index in [1.54, 1.807) is 43.0 Å². The van der Waals surface area contributed by atoms with Crippen molar-refractivity contribution in [2.75, 3.05) is 11.9 Å². The lowest BCUT2D eigenvalue weighted by Gasteiger charge is -2.07. The van der Waals surface area contributed by atoms with Crippen molar-refractivity contribution in [3.63, 3.8) is 0 Å². The molecule has 3 aromatic heterocycles. The van der Waals surface area contributed by atoms with Gasteiger partial charge in [0.1, 0.15) is 11.4 Å². The van der Waals surface area contributed by atoms with Crippen molar-refractivity contribution in [2.24, 2.45) is 0 Å². The maximum Gasteiger partial charge on any atom is 0.263 e. The van der Waals surface area contributed by atoms with Gasteiger partial charge in [-0.3, -0.25) is 14.4 Å². The Morgan fingerprint density at radius 3 is 2.72 bits per heavy atom. The highest BCUT2D eigenvalue weighted by Gasteiger charge is 2.24. The van der Waals surface area contributed by atoms with E-state index in [0.29, 0.717) is 11.4 Å². The minimum absolute atomic E-state index is 0.0449. The summed E-state index contributed by atoms with van der Waals surface area (Å²) in [6, 6.07) is 14.3. The maximum absolute atomic E-state index is 12.7. The Morgan fingerprint density at radius 1 is 1.06 bits per heavy atom. The van der Waals surface area contributed by atoms with E-state index < -0.39 is 11.5 Å². The molecule has 0 spiro atoms. The van der Waals surface area contributed by atoms with Gasteiger partial charge in [0.25, 0.3) is 17.4 Å². The number of fused-ring (bicyclic) bond motifs is 1. The van der Waals surface area contributed by atoms with Crippen LogP contribution in [-0.2, 0) is 11.3 Å². The first-order valence-electron chi connectivity index (χ1n) is 11.3. The molecule has 1 aromatic carbocycles. The van der Waals surface area contributed by atoms with Crippen molar-refractivity contribution >= 4 is 35.2 Å².